The summed E-state index contributed by atoms with van der Waals surface area (Å²) in [7, 11) is 0. The minimum atomic E-state index is -0.473. The van der Waals surface area contributed by atoms with Crippen molar-refractivity contribution in [1.29, 1.82) is 0 Å². The average Bonchev–Trinajstić information content (AvgIpc) is 2.55. The number of nitrogens with one attached hydrogen (secondary N) is 1. The van der Waals surface area contributed by atoms with Crippen molar-refractivity contribution in [3.63, 3.8) is 0 Å². The monoisotopic (exact) mass is 307 g/mol. The Kier molecular flexibility index (Phi) is 3.72. The number of aryl methyl sites for hydroxylation is 1. The summed E-state index contributed by atoms with van der Waals surface area (Å²) in [5.41, 5.74) is 1.84. The van der Waals surface area contributed by atoms with E-state index in [0.29, 0.717) is 11.3 Å². The van der Waals surface area contributed by atoms with E-state index in [9.17, 15) is 14.9 Å². The van der Waals surface area contributed by atoms with Crippen LogP contribution >= 0.6 is 0 Å². The van der Waals surface area contributed by atoms with Crippen molar-refractivity contribution in [2.45, 2.75) is 6.92 Å². The topological polar surface area (TPSA) is 85.1 Å². The Morgan fingerprint density at radius 3 is 2.70 bits per heavy atom. The van der Waals surface area contributed by atoms with Gasteiger partial charge in [-0.05, 0) is 25.1 Å². The molecule has 6 heteroatoms. The number of rotatable bonds is 3. The van der Waals surface area contributed by atoms with Gasteiger partial charge in [0.2, 0.25) is 0 Å². The normalized spacial score (nSPS) is 10.5. The number of amides is 1. The Hall–Kier alpha value is -3.28. The quantitative estimate of drug-likeness (QED) is 0.590. The summed E-state index contributed by atoms with van der Waals surface area (Å²) in [5, 5.41) is 14.5. The molecule has 114 valence electrons. The second-order valence-corrected chi connectivity index (χ2v) is 5.10. The number of fused-ring (bicyclic) bond motifs is 1. The predicted molar refractivity (Wildman–Crippen MR) is 87.5 cm³/mol. The zero-order chi connectivity index (χ0) is 16.4. The predicted octanol–water partition coefficient (Wildman–Crippen LogP) is 3.70. The van der Waals surface area contributed by atoms with Crippen LogP contribution in [0.25, 0.3) is 10.9 Å². The van der Waals surface area contributed by atoms with Crippen molar-refractivity contribution in [2.75, 3.05) is 5.32 Å². The molecule has 0 spiro atoms. The SMILES string of the molecule is Cc1ccc(NC(=O)c2ccc3ccccc3n2)cc1[N+](=O)[O-]. The highest BCUT2D eigenvalue weighted by Gasteiger charge is 2.14. The summed E-state index contributed by atoms with van der Waals surface area (Å²) in [6.45, 7) is 1.65. The van der Waals surface area contributed by atoms with Gasteiger partial charge in [-0.15, -0.1) is 0 Å². The zero-order valence-electron chi connectivity index (χ0n) is 12.3. The van der Waals surface area contributed by atoms with Crippen LogP contribution in [0.3, 0.4) is 0 Å². The van der Waals surface area contributed by atoms with E-state index in [-0.39, 0.29) is 11.4 Å². The largest absolute Gasteiger partial charge is 0.320 e. The molecule has 0 atom stereocenters. The van der Waals surface area contributed by atoms with Crippen LogP contribution in [0.2, 0.25) is 0 Å². The molecule has 6 nitrogen and oxygen atoms in total. The Labute approximate surface area is 131 Å². The van der Waals surface area contributed by atoms with Crippen LogP contribution in [0.1, 0.15) is 16.1 Å². The van der Waals surface area contributed by atoms with Crippen LogP contribution in [-0.4, -0.2) is 15.8 Å². The molecule has 1 heterocycles. The number of anilines is 1. The van der Waals surface area contributed by atoms with Gasteiger partial charge in [0.1, 0.15) is 5.69 Å². The Morgan fingerprint density at radius 1 is 1.13 bits per heavy atom. The summed E-state index contributed by atoms with van der Waals surface area (Å²) < 4.78 is 0. The van der Waals surface area contributed by atoms with E-state index in [1.54, 1.807) is 25.1 Å². The first-order chi connectivity index (χ1) is 11.0. The van der Waals surface area contributed by atoms with Crippen molar-refractivity contribution in [2.24, 2.45) is 0 Å². The third-order valence-electron chi connectivity index (χ3n) is 3.49. The Balaban J connectivity index is 1.88. The van der Waals surface area contributed by atoms with Crippen molar-refractivity contribution in [3.05, 3.63) is 76.0 Å². The highest BCUT2D eigenvalue weighted by molar-refractivity contribution is 6.04. The number of carbonyl (C=O) groups excluding carboxylic acids is 1. The first kappa shape index (κ1) is 14.6. The second-order valence-electron chi connectivity index (χ2n) is 5.10. The van der Waals surface area contributed by atoms with E-state index in [1.807, 2.05) is 30.3 Å². The van der Waals surface area contributed by atoms with Crippen molar-refractivity contribution in [1.82, 2.24) is 4.98 Å². The number of carbonyl (C=O) groups is 1. The van der Waals surface area contributed by atoms with E-state index in [4.69, 9.17) is 0 Å². The van der Waals surface area contributed by atoms with Crippen LogP contribution in [0, 0.1) is 17.0 Å². The van der Waals surface area contributed by atoms with Gasteiger partial charge in [0.05, 0.1) is 10.4 Å². The number of pyridine rings is 1. The van der Waals surface area contributed by atoms with Gasteiger partial charge in [0.25, 0.3) is 11.6 Å². The molecule has 0 saturated heterocycles. The molecule has 0 fully saturated rings. The van der Waals surface area contributed by atoms with Crippen molar-refractivity contribution in [3.8, 4) is 0 Å². The van der Waals surface area contributed by atoms with E-state index < -0.39 is 10.8 Å². The van der Waals surface area contributed by atoms with Crippen LogP contribution in [0.4, 0.5) is 11.4 Å². The molecule has 3 aromatic rings. The number of hydrogen-bond donors (Lipinski definition) is 1. The molecule has 0 unspecified atom stereocenters. The van der Waals surface area contributed by atoms with E-state index >= 15 is 0 Å². The van der Waals surface area contributed by atoms with Gasteiger partial charge in [-0.1, -0.05) is 30.3 Å². The van der Waals surface area contributed by atoms with E-state index in [2.05, 4.69) is 10.3 Å². The standard InChI is InChI=1S/C17H13N3O3/c1-11-6-8-13(10-16(11)20(22)23)18-17(21)15-9-7-12-4-2-3-5-14(12)19-15/h2-10H,1H3,(H,18,21). The average molecular weight is 307 g/mol. The summed E-state index contributed by atoms with van der Waals surface area (Å²) >= 11 is 0. The van der Waals surface area contributed by atoms with Gasteiger partial charge in [-0.25, -0.2) is 4.98 Å². The van der Waals surface area contributed by atoms with Gasteiger partial charge < -0.3 is 5.32 Å². The summed E-state index contributed by atoms with van der Waals surface area (Å²) in [4.78, 5) is 27.1. The number of nitro benzene ring substituents is 1. The Bertz CT molecular complexity index is 922. The molecule has 3 rings (SSSR count). The highest BCUT2D eigenvalue weighted by Crippen LogP contribution is 2.22. The lowest BCUT2D eigenvalue weighted by molar-refractivity contribution is -0.385. The molecule has 1 amide bonds. The van der Waals surface area contributed by atoms with Gasteiger partial charge in [0.15, 0.2) is 0 Å². The van der Waals surface area contributed by atoms with Crippen LogP contribution in [0.15, 0.2) is 54.6 Å². The number of para-hydroxylation sites is 1. The van der Waals surface area contributed by atoms with Crippen LogP contribution < -0.4 is 5.32 Å². The van der Waals surface area contributed by atoms with Gasteiger partial charge in [-0.3, -0.25) is 14.9 Å². The minimum absolute atomic E-state index is 0.0331. The second kappa shape index (κ2) is 5.84. The van der Waals surface area contributed by atoms with Crippen molar-refractivity contribution >= 4 is 28.2 Å². The maximum Gasteiger partial charge on any atom is 0.274 e. The first-order valence-electron chi connectivity index (χ1n) is 6.97. The molecule has 0 aliphatic heterocycles. The molecule has 0 bridgehead atoms. The van der Waals surface area contributed by atoms with E-state index in [1.165, 1.54) is 6.07 Å². The molecular formula is C17H13N3O3. The fourth-order valence-corrected chi connectivity index (χ4v) is 2.27. The lowest BCUT2D eigenvalue weighted by atomic mass is 10.1. The zero-order valence-corrected chi connectivity index (χ0v) is 12.3. The highest BCUT2D eigenvalue weighted by atomic mass is 16.6. The third kappa shape index (κ3) is 3.01. The third-order valence-corrected chi connectivity index (χ3v) is 3.49. The maximum atomic E-state index is 12.3. The molecule has 0 saturated carbocycles. The summed E-state index contributed by atoms with van der Waals surface area (Å²) in [5.74, 6) is -0.408. The van der Waals surface area contributed by atoms with Crippen molar-refractivity contribution < 1.29 is 9.72 Å². The number of aromatic nitrogens is 1. The lowest BCUT2D eigenvalue weighted by Gasteiger charge is -2.06. The van der Waals surface area contributed by atoms with Gasteiger partial charge in [-0.2, -0.15) is 0 Å². The fourth-order valence-electron chi connectivity index (χ4n) is 2.27. The van der Waals surface area contributed by atoms with Gasteiger partial charge >= 0.3 is 0 Å². The molecule has 2 aromatic carbocycles. The minimum Gasteiger partial charge on any atom is -0.320 e. The Morgan fingerprint density at radius 2 is 1.91 bits per heavy atom. The fraction of sp³-hybridized carbons (Fsp3) is 0.0588. The van der Waals surface area contributed by atoms with Crippen LogP contribution in [0.5, 0.6) is 0 Å². The van der Waals surface area contributed by atoms with Crippen LogP contribution in [-0.2, 0) is 0 Å². The molecule has 0 aliphatic rings. The first-order valence-corrected chi connectivity index (χ1v) is 6.97. The number of benzene rings is 2. The number of hydrogen-bond acceptors (Lipinski definition) is 4. The van der Waals surface area contributed by atoms with E-state index in [0.717, 1.165) is 10.9 Å². The number of nitro groups is 1. The molecular weight excluding hydrogens is 294 g/mol. The molecule has 0 radical (unpaired) electrons. The smallest absolute Gasteiger partial charge is 0.274 e. The summed E-state index contributed by atoms with van der Waals surface area (Å²) in [6.07, 6.45) is 0. The summed E-state index contributed by atoms with van der Waals surface area (Å²) in [6, 6.07) is 15.5. The molecule has 0 aliphatic carbocycles. The lowest BCUT2D eigenvalue weighted by Crippen LogP contribution is -2.13. The molecule has 23 heavy (non-hydrogen) atoms. The number of nitrogens with zero attached hydrogens (tertiary/aromatic N) is 2. The molecule has 1 N–H and O–H groups in total. The molecule has 1 aromatic heterocycles. The maximum absolute atomic E-state index is 12.3. The van der Waals surface area contributed by atoms with Gasteiger partial charge in [0, 0.05) is 22.7 Å².